The highest BCUT2D eigenvalue weighted by molar-refractivity contribution is 5.86. The molecule has 2 atom stereocenters. The summed E-state index contributed by atoms with van der Waals surface area (Å²) in [6.07, 6.45) is 15.3. The summed E-state index contributed by atoms with van der Waals surface area (Å²) in [7, 11) is 0. The van der Waals surface area contributed by atoms with Crippen molar-refractivity contribution in [2.45, 2.75) is 78.1 Å². The molecule has 0 radical (unpaired) electrons. The molecule has 0 aliphatic rings. The molecule has 0 rings (SSSR count). The molecule has 0 aromatic carbocycles. The summed E-state index contributed by atoms with van der Waals surface area (Å²) in [6, 6.07) is 0. The van der Waals surface area contributed by atoms with E-state index < -0.39 is 0 Å². The molecule has 0 N–H and O–H groups in total. The molecule has 0 aliphatic heterocycles. The lowest BCUT2D eigenvalue weighted by molar-refractivity contribution is -0.124. The number of allylic oxidation sites excluding steroid dienone is 2. The molecule has 1 heteroatoms. The fraction of sp³-hybridized carbons (Fsp3) is 0.737. The highest BCUT2D eigenvalue weighted by Gasteiger charge is 2.21. The zero-order valence-corrected chi connectivity index (χ0v) is 13.7. The summed E-state index contributed by atoms with van der Waals surface area (Å²) >= 11 is 0. The molecule has 0 saturated heterocycles. The Balaban J connectivity index is 4.17. The number of rotatable bonds is 14. The van der Waals surface area contributed by atoms with Crippen molar-refractivity contribution >= 4 is 5.78 Å². The first-order chi connectivity index (χ1) is 9.71. The third-order valence-electron chi connectivity index (χ3n) is 4.04. The predicted molar refractivity (Wildman–Crippen MR) is 89.9 cm³/mol. The van der Waals surface area contributed by atoms with Gasteiger partial charge < -0.3 is 0 Å². The van der Waals surface area contributed by atoms with Crippen molar-refractivity contribution in [3.8, 4) is 0 Å². The lowest BCUT2D eigenvalue weighted by Crippen LogP contribution is -2.21. The summed E-state index contributed by atoms with van der Waals surface area (Å²) in [5.41, 5.74) is 0. The number of carbonyl (C=O) groups excluding carboxylic acids is 1. The topological polar surface area (TPSA) is 17.1 Å². The number of Topliss-reactive ketones (excluding diaryl/α,β-unsaturated/α-hetero) is 1. The molecule has 0 bridgehead atoms. The lowest BCUT2D eigenvalue weighted by Gasteiger charge is -2.17. The van der Waals surface area contributed by atoms with E-state index in [1.165, 1.54) is 38.5 Å². The van der Waals surface area contributed by atoms with Crippen LogP contribution in [0.4, 0.5) is 0 Å². The van der Waals surface area contributed by atoms with Gasteiger partial charge in [-0.15, -0.1) is 13.2 Å². The lowest BCUT2D eigenvalue weighted by atomic mass is 9.86. The number of unbranched alkanes of at least 4 members (excludes halogenated alkanes) is 6. The summed E-state index contributed by atoms with van der Waals surface area (Å²) in [5, 5.41) is 0. The number of hydrogen-bond acceptors (Lipinski definition) is 1. The Bertz CT molecular complexity index is 241. The van der Waals surface area contributed by atoms with Gasteiger partial charge >= 0.3 is 0 Å². The Hall–Kier alpha value is -0.850. The highest BCUT2D eigenvalue weighted by atomic mass is 16.1. The Morgan fingerprint density at radius 2 is 1.20 bits per heavy atom. The van der Waals surface area contributed by atoms with E-state index in [2.05, 4.69) is 27.0 Å². The van der Waals surface area contributed by atoms with E-state index in [4.69, 9.17) is 0 Å². The van der Waals surface area contributed by atoms with Gasteiger partial charge in [-0.3, -0.25) is 4.79 Å². The fourth-order valence-corrected chi connectivity index (χ4v) is 2.61. The number of carbonyl (C=O) groups is 1. The van der Waals surface area contributed by atoms with Gasteiger partial charge in [0.25, 0.3) is 0 Å². The van der Waals surface area contributed by atoms with E-state index in [0.29, 0.717) is 5.78 Å². The quantitative estimate of drug-likeness (QED) is 0.277. The standard InChI is InChI=1S/C19H34O/c1-5-9-11-13-15-17(7-3)19(20)18(8-4)16-14-12-10-6-2/h7-8,17-18H,3-6,9-16H2,1-2H3. The summed E-state index contributed by atoms with van der Waals surface area (Å²) in [4.78, 5) is 12.5. The van der Waals surface area contributed by atoms with E-state index in [-0.39, 0.29) is 11.8 Å². The Morgan fingerprint density at radius 3 is 1.50 bits per heavy atom. The van der Waals surface area contributed by atoms with Crippen LogP contribution in [0.2, 0.25) is 0 Å². The minimum absolute atomic E-state index is 0.0287. The Kier molecular flexibility index (Phi) is 12.6. The van der Waals surface area contributed by atoms with Gasteiger partial charge in [-0.25, -0.2) is 0 Å². The second-order valence-electron chi connectivity index (χ2n) is 5.79. The molecule has 0 aromatic heterocycles. The van der Waals surface area contributed by atoms with Crippen LogP contribution < -0.4 is 0 Å². The molecule has 116 valence electrons. The van der Waals surface area contributed by atoms with Crippen LogP contribution in [0.1, 0.15) is 78.1 Å². The maximum atomic E-state index is 12.5. The summed E-state index contributed by atoms with van der Waals surface area (Å²) in [6.45, 7) is 12.1. The largest absolute Gasteiger partial charge is 0.298 e. The predicted octanol–water partition coefficient (Wildman–Crippen LogP) is 6.10. The maximum Gasteiger partial charge on any atom is 0.146 e. The van der Waals surface area contributed by atoms with Crippen LogP contribution in [0.15, 0.2) is 25.3 Å². The SMILES string of the molecule is C=CC(CCCCCC)C(=O)C(C=C)CCCCCC. The molecule has 0 heterocycles. The van der Waals surface area contributed by atoms with Crippen molar-refractivity contribution in [1.29, 1.82) is 0 Å². The van der Waals surface area contributed by atoms with Gasteiger partial charge in [-0.2, -0.15) is 0 Å². The normalized spacial score (nSPS) is 13.7. The van der Waals surface area contributed by atoms with Crippen molar-refractivity contribution < 1.29 is 4.79 Å². The molecule has 0 saturated carbocycles. The zero-order chi connectivity index (χ0) is 15.2. The number of ketones is 1. The van der Waals surface area contributed by atoms with E-state index in [0.717, 1.165) is 25.7 Å². The van der Waals surface area contributed by atoms with E-state index in [9.17, 15) is 4.79 Å². The third-order valence-corrected chi connectivity index (χ3v) is 4.04. The molecule has 1 nitrogen and oxygen atoms in total. The minimum Gasteiger partial charge on any atom is -0.298 e. The monoisotopic (exact) mass is 278 g/mol. The summed E-state index contributed by atoms with van der Waals surface area (Å²) in [5.74, 6) is 0.394. The second-order valence-corrected chi connectivity index (χ2v) is 5.79. The van der Waals surface area contributed by atoms with Gasteiger partial charge in [-0.1, -0.05) is 77.4 Å². The average molecular weight is 278 g/mol. The third kappa shape index (κ3) is 8.35. The van der Waals surface area contributed by atoms with Gasteiger partial charge in [0.1, 0.15) is 5.78 Å². The maximum absolute atomic E-state index is 12.5. The smallest absolute Gasteiger partial charge is 0.146 e. The Morgan fingerprint density at radius 1 is 0.800 bits per heavy atom. The first-order valence-corrected chi connectivity index (χ1v) is 8.50. The van der Waals surface area contributed by atoms with Crippen molar-refractivity contribution in [2.75, 3.05) is 0 Å². The van der Waals surface area contributed by atoms with Crippen LogP contribution in [0.5, 0.6) is 0 Å². The van der Waals surface area contributed by atoms with Gasteiger partial charge in [0.2, 0.25) is 0 Å². The van der Waals surface area contributed by atoms with Gasteiger partial charge in [0.15, 0.2) is 0 Å². The van der Waals surface area contributed by atoms with Crippen LogP contribution in [0.25, 0.3) is 0 Å². The van der Waals surface area contributed by atoms with E-state index >= 15 is 0 Å². The van der Waals surface area contributed by atoms with E-state index in [1.54, 1.807) is 0 Å². The number of hydrogen-bond donors (Lipinski definition) is 0. The summed E-state index contributed by atoms with van der Waals surface area (Å²) < 4.78 is 0. The van der Waals surface area contributed by atoms with Gasteiger partial charge in [0, 0.05) is 11.8 Å². The zero-order valence-electron chi connectivity index (χ0n) is 13.7. The van der Waals surface area contributed by atoms with Gasteiger partial charge in [-0.05, 0) is 12.8 Å². The van der Waals surface area contributed by atoms with Crippen LogP contribution in [-0.2, 0) is 4.79 Å². The molecule has 0 aliphatic carbocycles. The van der Waals surface area contributed by atoms with Crippen LogP contribution >= 0.6 is 0 Å². The molecule has 0 spiro atoms. The molecule has 0 aromatic rings. The molecule has 0 amide bonds. The van der Waals surface area contributed by atoms with Crippen LogP contribution in [-0.4, -0.2) is 5.78 Å². The van der Waals surface area contributed by atoms with Crippen molar-refractivity contribution in [3.05, 3.63) is 25.3 Å². The minimum atomic E-state index is 0.0287. The van der Waals surface area contributed by atoms with Gasteiger partial charge in [0.05, 0.1) is 0 Å². The average Bonchev–Trinajstić information content (AvgIpc) is 2.47. The molecular weight excluding hydrogens is 244 g/mol. The molecule has 0 fully saturated rings. The fourth-order valence-electron chi connectivity index (χ4n) is 2.61. The first-order valence-electron chi connectivity index (χ1n) is 8.50. The van der Waals surface area contributed by atoms with E-state index in [1.807, 2.05) is 12.2 Å². The second kappa shape index (κ2) is 13.1. The molecular formula is C19H34O. The van der Waals surface area contributed by atoms with Crippen molar-refractivity contribution in [2.24, 2.45) is 11.8 Å². The van der Waals surface area contributed by atoms with Crippen molar-refractivity contribution in [1.82, 2.24) is 0 Å². The van der Waals surface area contributed by atoms with Crippen molar-refractivity contribution in [3.63, 3.8) is 0 Å². The highest BCUT2D eigenvalue weighted by Crippen LogP contribution is 2.21. The first kappa shape index (κ1) is 19.1. The van der Waals surface area contributed by atoms with Crippen LogP contribution in [0.3, 0.4) is 0 Å². The van der Waals surface area contributed by atoms with Crippen LogP contribution in [0, 0.1) is 11.8 Å². The molecule has 2 unspecified atom stereocenters. The Labute approximate surface area is 126 Å². The molecule has 20 heavy (non-hydrogen) atoms.